The number of H-pyrrole nitrogens is 1. The molecule has 0 aliphatic heterocycles. The van der Waals surface area contributed by atoms with Crippen molar-refractivity contribution in [3.05, 3.63) is 65.6 Å². The molecule has 3 N–H and O–H groups in total. The van der Waals surface area contributed by atoms with Crippen molar-refractivity contribution < 1.29 is 0 Å². The minimum absolute atomic E-state index is 0.552. The van der Waals surface area contributed by atoms with Crippen molar-refractivity contribution in [2.45, 2.75) is 20.8 Å². The largest absolute Gasteiger partial charge is 0.353 e. The third-order valence-electron chi connectivity index (χ3n) is 4.29. The van der Waals surface area contributed by atoms with E-state index in [4.69, 9.17) is 0 Å². The lowest BCUT2D eigenvalue weighted by Crippen LogP contribution is -2.00. The zero-order chi connectivity index (χ0) is 18.1. The van der Waals surface area contributed by atoms with Crippen LogP contribution in [-0.2, 0) is 0 Å². The highest BCUT2D eigenvalue weighted by molar-refractivity contribution is 5.82. The number of hydrogen-bond donors (Lipinski definition) is 3. The van der Waals surface area contributed by atoms with E-state index in [-0.39, 0.29) is 0 Å². The standard InChI is InChI=1S/C20H20N6/c1-12-6-13(2)19(14(3)7-12)24-17-10-21-20(22-11-17)25-16-4-5-18-15(8-16)9-23-26-18/h4-11,24H,1-3H3,(H,23,26)(H,21,22,25). The fourth-order valence-corrected chi connectivity index (χ4v) is 3.13. The molecule has 4 rings (SSSR count). The number of fused-ring (bicyclic) bond motifs is 1. The molecule has 0 saturated heterocycles. The molecule has 0 saturated carbocycles. The second-order valence-corrected chi connectivity index (χ2v) is 6.49. The zero-order valence-electron chi connectivity index (χ0n) is 15.0. The first-order valence-electron chi connectivity index (χ1n) is 8.45. The minimum Gasteiger partial charge on any atom is -0.353 e. The molecule has 6 nitrogen and oxygen atoms in total. The van der Waals surface area contributed by atoms with Crippen molar-refractivity contribution in [2.24, 2.45) is 0 Å². The van der Waals surface area contributed by atoms with E-state index < -0.39 is 0 Å². The smallest absolute Gasteiger partial charge is 0.227 e. The van der Waals surface area contributed by atoms with Gasteiger partial charge in [0.1, 0.15) is 0 Å². The molecule has 0 aliphatic carbocycles. The van der Waals surface area contributed by atoms with E-state index in [1.54, 1.807) is 18.6 Å². The van der Waals surface area contributed by atoms with E-state index in [1.165, 1.54) is 16.7 Å². The summed E-state index contributed by atoms with van der Waals surface area (Å²) in [7, 11) is 0. The molecule has 0 bridgehead atoms. The van der Waals surface area contributed by atoms with E-state index in [0.29, 0.717) is 5.95 Å². The van der Waals surface area contributed by atoms with Gasteiger partial charge in [-0.1, -0.05) is 17.7 Å². The molecule has 2 aromatic carbocycles. The Kier molecular flexibility index (Phi) is 4.01. The summed E-state index contributed by atoms with van der Waals surface area (Å²) in [6, 6.07) is 10.3. The van der Waals surface area contributed by atoms with Crippen molar-refractivity contribution >= 4 is 33.9 Å². The van der Waals surface area contributed by atoms with Crippen LogP contribution in [0.25, 0.3) is 10.9 Å². The monoisotopic (exact) mass is 344 g/mol. The average Bonchev–Trinajstić information content (AvgIpc) is 3.07. The first-order chi connectivity index (χ1) is 12.6. The number of aromatic nitrogens is 4. The normalized spacial score (nSPS) is 10.9. The topological polar surface area (TPSA) is 78.5 Å². The summed E-state index contributed by atoms with van der Waals surface area (Å²) >= 11 is 0. The maximum Gasteiger partial charge on any atom is 0.227 e. The third kappa shape index (κ3) is 3.21. The number of nitrogens with zero attached hydrogens (tertiary/aromatic N) is 3. The van der Waals surface area contributed by atoms with Crippen LogP contribution in [0.4, 0.5) is 23.0 Å². The van der Waals surface area contributed by atoms with Gasteiger partial charge in [-0.15, -0.1) is 0 Å². The lowest BCUT2D eigenvalue weighted by molar-refractivity contribution is 1.12. The summed E-state index contributed by atoms with van der Waals surface area (Å²) in [5.41, 5.74) is 7.55. The van der Waals surface area contributed by atoms with Crippen molar-refractivity contribution in [3.63, 3.8) is 0 Å². The Labute approximate surface area is 151 Å². The molecule has 26 heavy (non-hydrogen) atoms. The van der Waals surface area contributed by atoms with E-state index in [1.807, 2.05) is 18.2 Å². The van der Waals surface area contributed by atoms with Crippen LogP contribution in [0.15, 0.2) is 48.9 Å². The Bertz CT molecular complexity index is 1040. The van der Waals surface area contributed by atoms with Crippen LogP contribution in [0.1, 0.15) is 16.7 Å². The van der Waals surface area contributed by atoms with Gasteiger partial charge in [0.05, 0.1) is 29.8 Å². The fraction of sp³-hybridized carbons (Fsp3) is 0.150. The summed E-state index contributed by atoms with van der Waals surface area (Å²) in [6.07, 6.45) is 5.36. The number of aromatic amines is 1. The molecule has 0 spiro atoms. The fourth-order valence-electron chi connectivity index (χ4n) is 3.13. The molecule has 130 valence electrons. The molecule has 0 aliphatic rings. The Morgan fingerprint density at radius 1 is 0.808 bits per heavy atom. The highest BCUT2D eigenvalue weighted by Gasteiger charge is 2.06. The zero-order valence-corrected chi connectivity index (χ0v) is 15.0. The van der Waals surface area contributed by atoms with Gasteiger partial charge >= 0.3 is 0 Å². The third-order valence-corrected chi connectivity index (χ3v) is 4.29. The number of benzene rings is 2. The molecule has 4 aromatic rings. The number of hydrogen-bond acceptors (Lipinski definition) is 5. The summed E-state index contributed by atoms with van der Waals surface area (Å²) in [5, 5.41) is 14.6. The van der Waals surface area contributed by atoms with E-state index >= 15 is 0 Å². The van der Waals surface area contributed by atoms with Crippen molar-refractivity contribution in [2.75, 3.05) is 10.6 Å². The summed E-state index contributed by atoms with van der Waals surface area (Å²) in [6.45, 7) is 6.31. The number of nitrogens with one attached hydrogen (secondary N) is 3. The summed E-state index contributed by atoms with van der Waals surface area (Å²) in [4.78, 5) is 8.81. The highest BCUT2D eigenvalue weighted by atomic mass is 15.1. The molecule has 0 unspecified atom stereocenters. The molecule has 0 fully saturated rings. The van der Waals surface area contributed by atoms with Crippen LogP contribution in [-0.4, -0.2) is 20.2 Å². The number of anilines is 4. The van der Waals surface area contributed by atoms with Gasteiger partial charge in [-0.2, -0.15) is 5.10 Å². The Hall–Kier alpha value is -3.41. The molecule has 0 atom stereocenters. The lowest BCUT2D eigenvalue weighted by atomic mass is 10.1. The maximum atomic E-state index is 4.41. The SMILES string of the molecule is Cc1cc(C)c(Nc2cnc(Nc3ccc4[nH]ncc4c3)nc2)c(C)c1. The number of aryl methyl sites for hydroxylation is 3. The highest BCUT2D eigenvalue weighted by Crippen LogP contribution is 2.26. The Morgan fingerprint density at radius 3 is 2.27 bits per heavy atom. The van der Waals surface area contributed by atoms with E-state index in [2.05, 4.69) is 63.7 Å². The minimum atomic E-state index is 0.552. The van der Waals surface area contributed by atoms with Gasteiger partial charge in [0.25, 0.3) is 0 Å². The molecule has 2 aromatic heterocycles. The second-order valence-electron chi connectivity index (χ2n) is 6.49. The Morgan fingerprint density at radius 2 is 1.54 bits per heavy atom. The molecule has 0 radical (unpaired) electrons. The van der Waals surface area contributed by atoms with E-state index in [9.17, 15) is 0 Å². The molecule has 2 heterocycles. The Balaban J connectivity index is 1.51. The quantitative estimate of drug-likeness (QED) is 0.497. The lowest BCUT2D eigenvalue weighted by Gasteiger charge is -2.13. The first kappa shape index (κ1) is 16.1. The van der Waals surface area contributed by atoms with Crippen LogP contribution in [0.2, 0.25) is 0 Å². The summed E-state index contributed by atoms with van der Waals surface area (Å²) in [5.74, 6) is 0.552. The van der Waals surface area contributed by atoms with Crippen molar-refractivity contribution in [1.82, 2.24) is 20.2 Å². The second kappa shape index (κ2) is 6.48. The van der Waals surface area contributed by atoms with E-state index in [0.717, 1.165) is 28.0 Å². The van der Waals surface area contributed by atoms with Gasteiger partial charge in [-0.25, -0.2) is 9.97 Å². The van der Waals surface area contributed by atoms with Crippen LogP contribution in [0.5, 0.6) is 0 Å². The predicted octanol–water partition coefficient (Wildman–Crippen LogP) is 4.77. The molecule has 0 amide bonds. The van der Waals surface area contributed by atoms with Crippen LogP contribution >= 0.6 is 0 Å². The van der Waals surface area contributed by atoms with Gasteiger partial charge in [-0.05, 0) is 50.1 Å². The van der Waals surface area contributed by atoms with Crippen LogP contribution in [0, 0.1) is 20.8 Å². The van der Waals surface area contributed by atoms with Gasteiger partial charge in [0.15, 0.2) is 0 Å². The predicted molar refractivity (Wildman–Crippen MR) is 105 cm³/mol. The van der Waals surface area contributed by atoms with Crippen LogP contribution in [0.3, 0.4) is 0 Å². The van der Waals surface area contributed by atoms with Gasteiger partial charge in [-0.3, -0.25) is 5.10 Å². The summed E-state index contributed by atoms with van der Waals surface area (Å²) < 4.78 is 0. The molecule has 6 heteroatoms. The average molecular weight is 344 g/mol. The van der Waals surface area contributed by atoms with Crippen LogP contribution < -0.4 is 10.6 Å². The van der Waals surface area contributed by atoms with Gasteiger partial charge in [0.2, 0.25) is 5.95 Å². The van der Waals surface area contributed by atoms with Crippen molar-refractivity contribution in [3.8, 4) is 0 Å². The van der Waals surface area contributed by atoms with Crippen molar-refractivity contribution in [1.29, 1.82) is 0 Å². The first-order valence-corrected chi connectivity index (χ1v) is 8.45. The number of rotatable bonds is 4. The molecular weight excluding hydrogens is 324 g/mol. The molecular formula is C20H20N6. The van der Waals surface area contributed by atoms with Gasteiger partial charge < -0.3 is 10.6 Å². The van der Waals surface area contributed by atoms with Gasteiger partial charge in [0, 0.05) is 16.8 Å². The maximum absolute atomic E-state index is 4.41.